The van der Waals surface area contributed by atoms with Gasteiger partial charge in [-0.1, -0.05) is 351 Å². The first-order valence-corrected chi connectivity index (χ1v) is 45.5. The third-order valence-electron chi connectivity index (χ3n) is 26.8. The van der Waals surface area contributed by atoms with E-state index in [1.54, 1.807) is 0 Å². The van der Waals surface area contributed by atoms with E-state index in [0.29, 0.717) is 34.9 Å². The molecular formula is C123H76ClN9. The summed E-state index contributed by atoms with van der Waals surface area (Å²) >= 11 is 6.71. The zero-order valence-corrected chi connectivity index (χ0v) is 72.6. The van der Waals surface area contributed by atoms with Gasteiger partial charge in [-0.3, -0.25) is 0 Å². The van der Waals surface area contributed by atoms with Gasteiger partial charge in [-0.05, 0) is 213 Å². The molecule has 0 bridgehead atoms. The molecule has 1 aliphatic carbocycles. The molecule has 9 nitrogen and oxygen atoms in total. The Morgan fingerprint density at radius 3 is 0.977 bits per heavy atom. The molecule has 5 heterocycles. The predicted octanol–water partition coefficient (Wildman–Crippen LogP) is 32.2. The molecular weight excluding hydrogens is 1640 g/mol. The van der Waals surface area contributed by atoms with Crippen LogP contribution in [0.4, 0.5) is 0 Å². The van der Waals surface area contributed by atoms with Crippen molar-refractivity contribution < 1.29 is 0 Å². The van der Waals surface area contributed by atoms with Gasteiger partial charge in [0, 0.05) is 92.9 Å². The second-order valence-electron chi connectivity index (χ2n) is 34.5. The first kappa shape index (κ1) is 76.8. The van der Waals surface area contributed by atoms with Crippen molar-refractivity contribution in [1.29, 1.82) is 0 Å². The Bertz CT molecular complexity index is 9390. The molecule has 0 spiro atoms. The van der Waals surface area contributed by atoms with Crippen LogP contribution in [0, 0.1) is 0 Å². The number of halogens is 1. The maximum absolute atomic E-state index is 6.71. The van der Waals surface area contributed by atoms with Crippen LogP contribution in [0.1, 0.15) is 11.1 Å². The van der Waals surface area contributed by atoms with E-state index in [4.69, 9.17) is 41.5 Å². The molecule has 0 saturated carbocycles. The van der Waals surface area contributed by atoms with E-state index in [0.717, 1.165) is 121 Å². The lowest BCUT2D eigenvalue weighted by Gasteiger charge is -2.14. The first-order valence-electron chi connectivity index (χ1n) is 45.1. The summed E-state index contributed by atoms with van der Waals surface area (Å²) in [7, 11) is 0. The van der Waals surface area contributed by atoms with Crippen LogP contribution in [0.25, 0.3) is 248 Å². The number of hydrogen-bond donors (Lipinski definition) is 0. The van der Waals surface area contributed by atoms with E-state index in [1.165, 1.54) is 115 Å². The van der Waals surface area contributed by atoms with E-state index in [9.17, 15) is 0 Å². The molecule has 0 unspecified atom stereocenters. The minimum absolute atomic E-state index is 0.633. The summed E-state index contributed by atoms with van der Waals surface area (Å²) in [5.41, 5.74) is 21.8. The number of hydrogen-bond acceptors (Lipinski definition) is 6. The molecule has 22 aromatic carbocycles. The Morgan fingerprint density at radius 2 is 0.504 bits per heavy atom. The third-order valence-corrected chi connectivity index (χ3v) is 27.2. The molecule has 0 fully saturated rings. The number of fused-ring (bicyclic) bond motifs is 22. The molecule has 5 aromatic heterocycles. The molecule has 1 aliphatic rings. The molecule has 27 aromatic rings. The fourth-order valence-corrected chi connectivity index (χ4v) is 20.9. The highest BCUT2D eigenvalue weighted by Gasteiger charge is 2.25. The molecule has 0 aliphatic heterocycles. The van der Waals surface area contributed by atoms with Gasteiger partial charge in [0.2, 0.25) is 0 Å². The quantitative estimate of drug-likeness (QED) is 0.134. The van der Waals surface area contributed by atoms with Gasteiger partial charge in [-0.25, -0.2) is 29.9 Å². The highest BCUT2D eigenvalue weighted by molar-refractivity contribution is 6.36. The minimum atomic E-state index is 0.633. The van der Waals surface area contributed by atoms with Crippen molar-refractivity contribution in [2.24, 2.45) is 0 Å². The molecule has 0 amide bonds. The number of rotatable bonds is 9. The Morgan fingerprint density at radius 1 is 0.173 bits per heavy atom. The maximum Gasteiger partial charge on any atom is 0.164 e. The van der Waals surface area contributed by atoms with Gasteiger partial charge in [0.05, 0.1) is 38.8 Å². The summed E-state index contributed by atoms with van der Waals surface area (Å²) in [4.78, 5) is 30.9. The number of nitrogens with zero attached hydrogens (tertiary/aromatic N) is 9. The summed E-state index contributed by atoms with van der Waals surface area (Å²) in [6.07, 6.45) is 1.10. The van der Waals surface area contributed by atoms with Gasteiger partial charge in [-0.2, -0.15) is 0 Å². The summed E-state index contributed by atoms with van der Waals surface area (Å²) in [5.74, 6) is 3.85. The SMILES string of the molecule is Clc1cccc2cc3c4ccccc4n(-c4ccc5cc(-c6nc(-c7ccccc7)nc(-c7cc8ccccc8c8ccccc78)n6)ccc5c4)c3cc12.c1ccc(-c2nc(-c3ccc4cc(-n5c6ccccc6c6cc7cccc(-n8c9ccccc9c9ccccc98)c7cc65)ccc4c3)nc(-c3cc4ccccc4c4ccccc34)n2)cc1.c1ccc2c(c1)Cc1ccccc1-2. The molecule has 133 heavy (non-hydrogen) atoms. The maximum atomic E-state index is 6.71. The van der Waals surface area contributed by atoms with Crippen molar-refractivity contribution in [2.45, 2.75) is 6.42 Å². The second kappa shape index (κ2) is 31.5. The van der Waals surface area contributed by atoms with Crippen LogP contribution in [0.5, 0.6) is 0 Å². The standard InChI is InChI=1S/C61H37N5.C49H29ClN4.C13H10/c1-2-15-38(16-3-1)59-62-60(64-61(63-59)53-36-41-17-4-5-19-45(41)46-20-6-7-21-47(46)53)43-30-29-40-34-44(32-31-39(40)33-43)65-54-25-11-10-24-50(54)52-35-42-18-14-28-57(51(42)37-58(52)65)66-55-26-12-8-22-48(55)49-23-9-13-27-56(49)66;50-44-19-10-14-34-27-42-40-18-8-9-20-45(40)54(46(42)29-41(34)44)36-24-23-31-25-35(22-21-32(31)26-36)48-51-47(30-11-2-1-3-12-30)52-49(53-48)43-28-33-13-4-5-15-37(33)38-16-6-7-17-39(38)43;1-3-7-12-10(5-1)9-11-6-2-4-8-13(11)12/h1-37H;1-29H;1-8H,9H2. The molecule has 0 atom stereocenters. The lowest BCUT2D eigenvalue weighted by Crippen LogP contribution is -2.01. The van der Waals surface area contributed by atoms with Crippen LogP contribution in [0.3, 0.4) is 0 Å². The molecule has 10 heteroatoms. The fraction of sp³-hybridized carbons (Fsp3) is 0.00813. The van der Waals surface area contributed by atoms with Crippen LogP contribution in [0.15, 0.2) is 449 Å². The molecule has 0 saturated heterocycles. The van der Waals surface area contributed by atoms with E-state index < -0.39 is 0 Å². The minimum Gasteiger partial charge on any atom is -0.309 e. The van der Waals surface area contributed by atoms with Gasteiger partial charge >= 0.3 is 0 Å². The fourth-order valence-electron chi connectivity index (χ4n) is 20.6. The normalized spacial score (nSPS) is 11.9. The van der Waals surface area contributed by atoms with Crippen molar-refractivity contribution in [1.82, 2.24) is 43.6 Å². The average molecular weight is 1720 g/mol. The summed E-state index contributed by atoms with van der Waals surface area (Å²) < 4.78 is 7.21. The average Bonchev–Trinajstić information content (AvgIpc) is 1.59. The zero-order chi connectivity index (χ0) is 87.7. The lowest BCUT2D eigenvalue weighted by atomic mass is 9.97. The summed E-state index contributed by atoms with van der Waals surface area (Å²) in [5, 5.41) is 26.5. The predicted molar refractivity (Wildman–Crippen MR) is 555 cm³/mol. The van der Waals surface area contributed by atoms with E-state index in [2.05, 4.69) is 414 Å². The lowest BCUT2D eigenvalue weighted by molar-refractivity contribution is 1.08. The Balaban J connectivity index is 0.000000124. The highest BCUT2D eigenvalue weighted by atomic mass is 35.5. The van der Waals surface area contributed by atoms with E-state index >= 15 is 0 Å². The van der Waals surface area contributed by atoms with E-state index in [1.807, 2.05) is 48.5 Å². The molecule has 28 rings (SSSR count). The van der Waals surface area contributed by atoms with Crippen molar-refractivity contribution in [3.8, 4) is 96.5 Å². The van der Waals surface area contributed by atoms with Crippen LogP contribution in [0.2, 0.25) is 5.02 Å². The zero-order valence-electron chi connectivity index (χ0n) is 71.8. The van der Waals surface area contributed by atoms with Crippen LogP contribution in [-0.2, 0) is 6.42 Å². The summed E-state index contributed by atoms with van der Waals surface area (Å²) in [6.45, 7) is 0. The monoisotopic (exact) mass is 1710 g/mol. The van der Waals surface area contributed by atoms with Gasteiger partial charge in [0.25, 0.3) is 0 Å². The Hall–Kier alpha value is -17.4. The van der Waals surface area contributed by atoms with Crippen LogP contribution >= 0.6 is 11.6 Å². The van der Waals surface area contributed by atoms with Crippen molar-refractivity contribution in [3.05, 3.63) is 465 Å². The largest absolute Gasteiger partial charge is 0.309 e. The second-order valence-corrected chi connectivity index (χ2v) is 34.9. The van der Waals surface area contributed by atoms with Gasteiger partial charge in [0.1, 0.15) is 0 Å². The van der Waals surface area contributed by atoms with Crippen LogP contribution in [-0.4, -0.2) is 43.6 Å². The van der Waals surface area contributed by atoms with Crippen LogP contribution < -0.4 is 0 Å². The van der Waals surface area contributed by atoms with Crippen molar-refractivity contribution >= 4 is 163 Å². The van der Waals surface area contributed by atoms with Crippen molar-refractivity contribution in [3.63, 3.8) is 0 Å². The highest BCUT2D eigenvalue weighted by Crippen LogP contribution is 2.45. The third kappa shape index (κ3) is 13.1. The molecule has 0 radical (unpaired) electrons. The topological polar surface area (TPSA) is 92.1 Å². The number of para-hydroxylation sites is 4. The van der Waals surface area contributed by atoms with Gasteiger partial charge in [-0.15, -0.1) is 0 Å². The first-order chi connectivity index (χ1) is 65.8. The Labute approximate surface area is 769 Å². The van der Waals surface area contributed by atoms with Gasteiger partial charge < -0.3 is 13.7 Å². The Kier molecular flexibility index (Phi) is 18.2. The number of aromatic nitrogens is 9. The van der Waals surface area contributed by atoms with Crippen molar-refractivity contribution in [2.75, 3.05) is 0 Å². The van der Waals surface area contributed by atoms with Gasteiger partial charge in [0.15, 0.2) is 34.9 Å². The number of benzene rings is 22. The smallest absolute Gasteiger partial charge is 0.164 e. The molecule has 620 valence electrons. The van der Waals surface area contributed by atoms with E-state index in [-0.39, 0.29) is 0 Å². The molecule has 0 N–H and O–H groups in total. The summed E-state index contributed by atoms with van der Waals surface area (Å²) in [6, 6.07) is 160.